The van der Waals surface area contributed by atoms with Crippen molar-refractivity contribution in [3.63, 3.8) is 0 Å². The molecule has 6 nitrogen and oxygen atoms in total. The van der Waals surface area contributed by atoms with E-state index in [2.05, 4.69) is 15.6 Å². The van der Waals surface area contributed by atoms with Gasteiger partial charge in [-0.15, -0.1) is 0 Å². The molecule has 2 rings (SSSR count). The van der Waals surface area contributed by atoms with Crippen molar-refractivity contribution in [3.8, 4) is 11.5 Å². The van der Waals surface area contributed by atoms with Crippen LogP contribution < -0.4 is 20.1 Å². The third-order valence-corrected chi connectivity index (χ3v) is 6.58. The summed E-state index contributed by atoms with van der Waals surface area (Å²) in [6.07, 6.45) is 4.21. The second kappa shape index (κ2) is 11.2. The number of hydrogen-bond acceptors (Lipinski definition) is 4. The lowest BCUT2D eigenvalue weighted by molar-refractivity contribution is 0.310. The van der Waals surface area contributed by atoms with E-state index >= 15 is 0 Å². The molecule has 1 aromatic rings. The minimum absolute atomic E-state index is 0.301. The molecule has 0 amide bonds. The number of guanidine groups is 1. The van der Waals surface area contributed by atoms with Crippen LogP contribution in [0.4, 0.5) is 0 Å². The van der Waals surface area contributed by atoms with Crippen molar-refractivity contribution in [1.82, 2.24) is 10.6 Å². The van der Waals surface area contributed by atoms with Crippen molar-refractivity contribution < 1.29 is 13.7 Å². The van der Waals surface area contributed by atoms with Gasteiger partial charge in [-0.2, -0.15) is 0 Å². The molecule has 0 radical (unpaired) electrons. The highest BCUT2D eigenvalue weighted by Gasteiger charge is 2.26. The molecule has 1 saturated carbocycles. The molecule has 1 aliphatic carbocycles. The molecule has 0 bridgehead atoms. The number of nitrogens with zero attached hydrogens (tertiary/aromatic N) is 1. The van der Waals surface area contributed by atoms with Crippen LogP contribution in [0.25, 0.3) is 0 Å². The van der Waals surface area contributed by atoms with E-state index < -0.39 is 10.8 Å². The lowest BCUT2D eigenvalue weighted by Crippen LogP contribution is -2.46. The zero-order chi connectivity index (χ0) is 19.6. The summed E-state index contributed by atoms with van der Waals surface area (Å²) in [5.41, 5.74) is 1.09. The fourth-order valence-electron chi connectivity index (χ4n) is 3.42. The van der Waals surface area contributed by atoms with Crippen LogP contribution in [0.2, 0.25) is 0 Å². The van der Waals surface area contributed by atoms with Gasteiger partial charge in [0.05, 0.1) is 13.7 Å². The Balaban J connectivity index is 1.92. The number of aliphatic imine (C=N–C) groups is 1. The first-order valence-corrected chi connectivity index (χ1v) is 11.1. The Hall–Kier alpha value is -1.76. The highest BCUT2D eigenvalue weighted by atomic mass is 32.2. The number of methoxy groups -OCH3 is 1. The van der Waals surface area contributed by atoms with E-state index in [0.717, 1.165) is 54.5 Å². The van der Waals surface area contributed by atoms with Gasteiger partial charge in [-0.05, 0) is 43.9 Å². The van der Waals surface area contributed by atoms with Crippen LogP contribution in [0, 0.1) is 0 Å². The van der Waals surface area contributed by atoms with Crippen LogP contribution in [0.15, 0.2) is 23.2 Å². The van der Waals surface area contributed by atoms with Gasteiger partial charge in [0, 0.05) is 41.4 Å². The quantitative estimate of drug-likeness (QED) is 0.523. The van der Waals surface area contributed by atoms with Gasteiger partial charge >= 0.3 is 0 Å². The standard InChI is InChI=1S/C20H33N3O3S/c1-5-26-19-12-15(10-11-18(19)25-4)14-22-20(21-3)23-16-8-7-9-17(13-16)27(24)6-2/h10-12,16-17H,5-9,13-14H2,1-4H3,(H2,21,22,23). The Morgan fingerprint density at radius 1 is 1.30 bits per heavy atom. The molecule has 0 saturated heterocycles. The van der Waals surface area contributed by atoms with Crippen molar-refractivity contribution in [2.45, 2.75) is 57.4 Å². The van der Waals surface area contributed by atoms with Crippen molar-refractivity contribution in [2.75, 3.05) is 26.5 Å². The van der Waals surface area contributed by atoms with Gasteiger partial charge in [0.15, 0.2) is 17.5 Å². The molecule has 1 aliphatic rings. The summed E-state index contributed by atoms with van der Waals surface area (Å²) in [5.74, 6) is 3.00. The van der Waals surface area contributed by atoms with Gasteiger partial charge in [-0.1, -0.05) is 19.4 Å². The Bertz CT molecular complexity index is 651. The molecular weight excluding hydrogens is 362 g/mol. The Kier molecular flexibility index (Phi) is 8.91. The van der Waals surface area contributed by atoms with Crippen LogP contribution >= 0.6 is 0 Å². The number of ether oxygens (including phenoxy) is 2. The molecule has 0 heterocycles. The minimum Gasteiger partial charge on any atom is -0.493 e. The average molecular weight is 396 g/mol. The normalized spacial score (nSPS) is 21.4. The average Bonchev–Trinajstić information content (AvgIpc) is 2.71. The summed E-state index contributed by atoms with van der Waals surface area (Å²) in [4.78, 5) is 4.34. The fourth-order valence-corrected chi connectivity index (χ4v) is 4.77. The fraction of sp³-hybridized carbons (Fsp3) is 0.650. The van der Waals surface area contributed by atoms with Gasteiger partial charge < -0.3 is 20.1 Å². The predicted molar refractivity (Wildman–Crippen MR) is 112 cm³/mol. The second-order valence-corrected chi connectivity index (χ2v) is 8.65. The van der Waals surface area contributed by atoms with Gasteiger partial charge in [0.25, 0.3) is 0 Å². The Morgan fingerprint density at radius 3 is 2.78 bits per heavy atom. The summed E-state index contributed by atoms with van der Waals surface area (Å²) < 4.78 is 23.1. The van der Waals surface area contributed by atoms with Crippen molar-refractivity contribution >= 4 is 16.8 Å². The second-order valence-electron chi connectivity index (χ2n) is 6.64. The van der Waals surface area contributed by atoms with Gasteiger partial charge in [-0.25, -0.2) is 0 Å². The van der Waals surface area contributed by atoms with E-state index in [-0.39, 0.29) is 0 Å². The molecule has 1 fully saturated rings. The largest absolute Gasteiger partial charge is 0.493 e. The summed E-state index contributed by atoms with van der Waals surface area (Å²) in [5, 5.41) is 7.16. The molecule has 7 heteroatoms. The lowest BCUT2D eigenvalue weighted by atomic mass is 9.95. The molecule has 27 heavy (non-hydrogen) atoms. The number of hydrogen-bond donors (Lipinski definition) is 2. The first kappa shape index (κ1) is 21.5. The van der Waals surface area contributed by atoms with Crippen LogP contribution in [0.5, 0.6) is 11.5 Å². The monoisotopic (exact) mass is 395 g/mol. The van der Waals surface area contributed by atoms with Gasteiger partial charge in [0.1, 0.15) is 0 Å². The summed E-state index contributed by atoms with van der Waals surface area (Å²) in [6, 6.07) is 6.25. The first-order chi connectivity index (χ1) is 13.1. The van der Waals surface area contributed by atoms with Crippen LogP contribution in [-0.4, -0.2) is 48.0 Å². The number of benzene rings is 1. The molecule has 1 aromatic carbocycles. The zero-order valence-electron chi connectivity index (χ0n) is 16.9. The maximum Gasteiger partial charge on any atom is 0.191 e. The smallest absolute Gasteiger partial charge is 0.191 e. The Labute approximate surface area is 165 Å². The summed E-state index contributed by atoms with van der Waals surface area (Å²) in [7, 11) is 2.70. The van der Waals surface area contributed by atoms with Gasteiger partial charge in [0.2, 0.25) is 0 Å². The zero-order valence-corrected chi connectivity index (χ0v) is 17.7. The molecule has 0 spiro atoms. The number of rotatable bonds is 8. The maximum atomic E-state index is 12.1. The van der Waals surface area contributed by atoms with E-state index in [1.165, 1.54) is 0 Å². The van der Waals surface area contributed by atoms with Crippen molar-refractivity contribution in [1.29, 1.82) is 0 Å². The van der Waals surface area contributed by atoms with Crippen LogP contribution in [-0.2, 0) is 17.3 Å². The topological polar surface area (TPSA) is 72.0 Å². The molecule has 0 aliphatic heterocycles. The maximum absolute atomic E-state index is 12.1. The Morgan fingerprint density at radius 2 is 2.11 bits per heavy atom. The molecule has 152 valence electrons. The third kappa shape index (κ3) is 6.41. The summed E-state index contributed by atoms with van der Waals surface area (Å²) in [6.45, 7) is 5.19. The van der Waals surface area contributed by atoms with E-state index in [1.54, 1.807) is 14.2 Å². The van der Waals surface area contributed by atoms with Gasteiger partial charge in [-0.3, -0.25) is 9.20 Å². The van der Waals surface area contributed by atoms with E-state index in [9.17, 15) is 4.21 Å². The minimum atomic E-state index is -0.718. The molecule has 0 aromatic heterocycles. The molecule has 2 N–H and O–H groups in total. The van der Waals surface area contributed by atoms with E-state index in [4.69, 9.17) is 9.47 Å². The SMILES string of the molecule is CCOc1cc(CNC(=NC)NC2CCCC(S(=O)CC)C2)ccc1OC. The molecule has 3 atom stereocenters. The highest BCUT2D eigenvalue weighted by molar-refractivity contribution is 7.85. The lowest BCUT2D eigenvalue weighted by Gasteiger charge is -2.30. The number of nitrogens with one attached hydrogen (secondary N) is 2. The van der Waals surface area contributed by atoms with Crippen molar-refractivity contribution in [2.24, 2.45) is 4.99 Å². The molecule has 3 unspecified atom stereocenters. The molecular formula is C20H33N3O3S. The van der Waals surface area contributed by atoms with Crippen molar-refractivity contribution in [3.05, 3.63) is 23.8 Å². The summed E-state index contributed by atoms with van der Waals surface area (Å²) >= 11 is 0. The van der Waals surface area contributed by atoms with E-state index in [1.807, 2.05) is 32.0 Å². The third-order valence-electron chi connectivity index (χ3n) is 4.83. The van der Waals surface area contributed by atoms with Crippen LogP contribution in [0.1, 0.15) is 45.1 Å². The predicted octanol–water partition coefficient (Wildman–Crippen LogP) is 2.84. The van der Waals surface area contributed by atoms with Crippen LogP contribution in [0.3, 0.4) is 0 Å². The highest BCUT2D eigenvalue weighted by Crippen LogP contribution is 2.28. The first-order valence-electron chi connectivity index (χ1n) is 9.75. The van der Waals surface area contributed by atoms with E-state index in [0.29, 0.717) is 24.4 Å².